The summed E-state index contributed by atoms with van der Waals surface area (Å²) in [5, 5.41) is 3.71. The summed E-state index contributed by atoms with van der Waals surface area (Å²) in [5.74, 6) is 0.802. The summed E-state index contributed by atoms with van der Waals surface area (Å²) >= 11 is 0. The summed E-state index contributed by atoms with van der Waals surface area (Å²) in [4.78, 5) is 12.0. The van der Waals surface area contributed by atoms with E-state index in [4.69, 9.17) is 10.3 Å². The normalized spacial score (nSPS) is 11.9. The largest absolute Gasteiger partial charge is 0.332 e. The van der Waals surface area contributed by atoms with Crippen molar-refractivity contribution in [3.63, 3.8) is 0 Å². The fraction of sp³-hybridized carbons (Fsp3) is 0.250. The predicted octanol–water partition coefficient (Wildman–Crippen LogP) is 0.968. The van der Waals surface area contributed by atoms with Crippen LogP contribution < -0.4 is 5.73 Å². The molecule has 0 aliphatic heterocycles. The summed E-state index contributed by atoms with van der Waals surface area (Å²) in [5.41, 5.74) is 6.13. The van der Waals surface area contributed by atoms with E-state index in [-0.39, 0.29) is 18.4 Å². The molecule has 2 aromatic heterocycles. The molecule has 0 spiro atoms. The van der Waals surface area contributed by atoms with E-state index >= 15 is 0 Å². The highest BCUT2D eigenvalue weighted by atomic mass is 35.5. The first-order valence-corrected chi connectivity index (χ1v) is 4.13. The van der Waals surface area contributed by atoms with Crippen molar-refractivity contribution in [2.75, 3.05) is 0 Å². The summed E-state index contributed by atoms with van der Waals surface area (Å²) < 4.78 is 4.97. The maximum atomic E-state index is 5.58. The molecule has 15 heavy (non-hydrogen) atoms. The van der Waals surface area contributed by atoms with Gasteiger partial charge in [-0.15, -0.1) is 12.4 Å². The number of nitrogens with zero attached hydrogens (tertiary/aromatic N) is 4. The van der Waals surface area contributed by atoms with Gasteiger partial charge in [-0.1, -0.05) is 5.16 Å². The lowest BCUT2D eigenvalue weighted by atomic mass is 10.3. The van der Waals surface area contributed by atoms with Crippen molar-refractivity contribution in [2.24, 2.45) is 5.73 Å². The van der Waals surface area contributed by atoms with E-state index in [1.807, 2.05) is 0 Å². The minimum atomic E-state index is -0.246. The molecule has 2 N–H and O–H groups in total. The Labute approximate surface area is 92.3 Å². The van der Waals surface area contributed by atoms with Crippen LogP contribution in [0.4, 0.5) is 0 Å². The van der Waals surface area contributed by atoms with Crippen molar-refractivity contribution in [2.45, 2.75) is 13.0 Å². The molecule has 0 aromatic carbocycles. The van der Waals surface area contributed by atoms with Crippen molar-refractivity contribution in [1.82, 2.24) is 20.1 Å². The van der Waals surface area contributed by atoms with Crippen LogP contribution in [0.2, 0.25) is 0 Å². The Morgan fingerprint density at radius 3 is 2.73 bits per heavy atom. The Balaban J connectivity index is 0.00000112. The second-order valence-electron chi connectivity index (χ2n) is 2.84. The van der Waals surface area contributed by atoms with Crippen molar-refractivity contribution >= 4 is 12.4 Å². The number of nitrogens with two attached hydrogens (primary N) is 1. The number of halogens is 1. The minimum absolute atomic E-state index is 0. The Hall–Kier alpha value is -1.53. The van der Waals surface area contributed by atoms with E-state index in [1.165, 1.54) is 0 Å². The number of hydrogen-bond donors (Lipinski definition) is 1. The van der Waals surface area contributed by atoms with E-state index in [2.05, 4.69) is 20.1 Å². The first-order valence-electron chi connectivity index (χ1n) is 4.13. The maximum absolute atomic E-state index is 5.58. The summed E-state index contributed by atoms with van der Waals surface area (Å²) in [6, 6.07) is -0.246. The third-order valence-corrected chi connectivity index (χ3v) is 1.63. The van der Waals surface area contributed by atoms with Gasteiger partial charge in [-0.05, 0) is 6.92 Å². The maximum Gasteiger partial charge on any atom is 0.278 e. The molecular formula is C8H10ClN5O. The molecule has 80 valence electrons. The smallest absolute Gasteiger partial charge is 0.278 e. The first kappa shape index (κ1) is 11.5. The molecule has 0 saturated carbocycles. The Morgan fingerprint density at radius 1 is 1.40 bits per heavy atom. The van der Waals surface area contributed by atoms with Gasteiger partial charge in [0.25, 0.3) is 5.89 Å². The molecule has 7 heteroatoms. The SMILES string of the molecule is CC(N)c1noc(-c2cnccn2)n1.Cl. The van der Waals surface area contributed by atoms with Gasteiger partial charge in [-0.3, -0.25) is 4.98 Å². The molecule has 0 bridgehead atoms. The summed E-state index contributed by atoms with van der Waals surface area (Å²) in [6.07, 6.45) is 4.69. The van der Waals surface area contributed by atoms with Gasteiger partial charge in [-0.25, -0.2) is 4.98 Å². The van der Waals surface area contributed by atoms with Crippen LogP contribution in [-0.2, 0) is 0 Å². The van der Waals surface area contributed by atoms with Gasteiger partial charge in [0.1, 0.15) is 5.69 Å². The van der Waals surface area contributed by atoms with Crippen molar-refractivity contribution in [1.29, 1.82) is 0 Å². The van der Waals surface area contributed by atoms with Gasteiger partial charge in [0.2, 0.25) is 0 Å². The number of hydrogen-bond acceptors (Lipinski definition) is 6. The molecule has 2 rings (SSSR count). The van der Waals surface area contributed by atoms with Gasteiger partial charge >= 0.3 is 0 Å². The quantitative estimate of drug-likeness (QED) is 0.822. The standard InChI is InChI=1S/C8H9N5O.ClH/c1-5(9)7-12-8(14-13-7)6-4-10-2-3-11-6;/h2-5H,9H2,1H3;1H. The van der Waals surface area contributed by atoms with E-state index in [1.54, 1.807) is 25.5 Å². The fourth-order valence-electron chi connectivity index (χ4n) is 0.933. The van der Waals surface area contributed by atoms with Crippen molar-refractivity contribution in [3.8, 4) is 11.6 Å². The highest BCUT2D eigenvalue weighted by molar-refractivity contribution is 5.85. The zero-order valence-electron chi connectivity index (χ0n) is 7.99. The third-order valence-electron chi connectivity index (χ3n) is 1.63. The zero-order valence-corrected chi connectivity index (χ0v) is 8.81. The molecule has 0 radical (unpaired) electrons. The van der Waals surface area contributed by atoms with Gasteiger partial charge in [0, 0.05) is 12.4 Å². The van der Waals surface area contributed by atoms with Gasteiger partial charge in [0.05, 0.1) is 12.2 Å². The Bertz CT molecular complexity index is 416. The number of rotatable bonds is 2. The second-order valence-corrected chi connectivity index (χ2v) is 2.84. The highest BCUT2D eigenvalue weighted by Gasteiger charge is 2.12. The van der Waals surface area contributed by atoms with Crippen LogP contribution in [0, 0.1) is 0 Å². The van der Waals surface area contributed by atoms with E-state index in [0.29, 0.717) is 17.4 Å². The van der Waals surface area contributed by atoms with Crippen molar-refractivity contribution in [3.05, 3.63) is 24.4 Å². The van der Waals surface area contributed by atoms with Crippen LogP contribution in [0.25, 0.3) is 11.6 Å². The van der Waals surface area contributed by atoms with Crippen LogP contribution in [0.1, 0.15) is 18.8 Å². The molecule has 1 atom stereocenters. The van der Waals surface area contributed by atoms with E-state index in [9.17, 15) is 0 Å². The molecule has 0 aliphatic carbocycles. The first-order chi connectivity index (χ1) is 6.77. The molecular weight excluding hydrogens is 218 g/mol. The van der Waals surface area contributed by atoms with Gasteiger partial charge in [0.15, 0.2) is 5.82 Å². The lowest BCUT2D eigenvalue weighted by Gasteiger charge is -1.93. The second kappa shape index (κ2) is 4.81. The lowest BCUT2D eigenvalue weighted by molar-refractivity contribution is 0.417. The van der Waals surface area contributed by atoms with E-state index < -0.39 is 0 Å². The zero-order chi connectivity index (χ0) is 9.97. The minimum Gasteiger partial charge on any atom is -0.332 e. The molecule has 0 saturated heterocycles. The predicted molar refractivity (Wildman–Crippen MR) is 55.2 cm³/mol. The molecule has 1 unspecified atom stereocenters. The molecule has 0 aliphatic rings. The molecule has 2 heterocycles. The van der Waals surface area contributed by atoms with Crippen LogP contribution >= 0.6 is 12.4 Å². The molecule has 0 fully saturated rings. The van der Waals surface area contributed by atoms with Crippen LogP contribution in [0.5, 0.6) is 0 Å². The topological polar surface area (TPSA) is 90.7 Å². The fourth-order valence-corrected chi connectivity index (χ4v) is 0.933. The highest BCUT2D eigenvalue weighted by Crippen LogP contribution is 2.14. The average Bonchev–Trinajstić information content (AvgIpc) is 2.68. The van der Waals surface area contributed by atoms with Crippen molar-refractivity contribution < 1.29 is 4.52 Å². The molecule has 2 aromatic rings. The molecule has 0 amide bonds. The van der Waals surface area contributed by atoms with Gasteiger partial charge in [-0.2, -0.15) is 4.98 Å². The van der Waals surface area contributed by atoms with Gasteiger partial charge < -0.3 is 10.3 Å². The van der Waals surface area contributed by atoms with E-state index in [0.717, 1.165) is 0 Å². The Morgan fingerprint density at radius 2 is 2.20 bits per heavy atom. The lowest BCUT2D eigenvalue weighted by Crippen LogP contribution is -2.06. The third kappa shape index (κ3) is 2.48. The monoisotopic (exact) mass is 227 g/mol. The Kier molecular flexibility index (Phi) is 3.70. The van der Waals surface area contributed by atoms with Crippen LogP contribution in [0.3, 0.4) is 0 Å². The average molecular weight is 228 g/mol. The van der Waals surface area contributed by atoms with Crippen LogP contribution in [0.15, 0.2) is 23.1 Å². The summed E-state index contributed by atoms with van der Waals surface area (Å²) in [6.45, 7) is 1.78. The number of aromatic nitrogens is 4. The molecule has 6 nitrogen and oxygen atoms in total. The summed E-state index contributed by atoms with van der Waals surface area (Å²) in [7, 11) is 0. The van der Waals surface area contributed by atoms with Crippen LogP contribution in [-0.4, -0.2) is 20.1 Å².